The van der Waals surface area contributed by atoms with Gasteiger partial charge in [-0.05, 0) is 60.6 Å². The highest BCUT2D eigenvalue weighted by Crippen LogP contribution is 2.31. The normalized spacial score (nSPS) is 18.4. The lowest BCUT2D eigenvalue weighted by molar-refractivity contribution is 0.0984. The van der Waals surface area contributed by atoms with Crippen LogP contribution in [0, 0.1) is 0 Å². The number of rotatable bonds is 5. The highest BCUT2D eigenvalue weighted by molar-refractivity contribution is 9.10. The van der Waals surface area contributed by atoms with Crippen LogP contribution in [0.4, 0.5) is 0 Å². The maximum atomic E-state index is 9.51. The Labute approximate surface area is 130 Å². The number of hydrogen-bond donors (Lipinski definition) is 2. The molecule has 0 aromatic heterocycles. The summed E-state index contributed by atoms with van der Waals surface area (Å²) < 4.78 is 0.761. The molecule has 0 saturated heterocycles. The van der Waals surface area contributed by atoms with Crippen LogP contribution in [0.25, 0.3) is 0 Å². The van der Waals surface area contributed by atoms with Gasteiger partial charge in [-0.3, -0.25) is 0 Å². The SMILES string of the molecule is CN(C)C1(CNCc2ccc(O)c(Br)c2)CCCCC1. The molecule has 0 spiro atoms. The fourth-order valence-corrected chi connectivity index (χ4v) is 3.52. The molecule has 0 unspecified atom stereocenters. The van der Waals surface area contributed by atoms with E-state index in [0.717, 1.165) is 17.6 Å². The Balaban J connectivity index is 1.91. The van der Waals surface area contributed by atoms with Crippen LogP contribution in [0.3, 0.4) is 0 Å². The van der Waals surface area contributed by atoms with Crippen LogP contribution in [0.15, 0.2) is 22.7 Å². The van der Waals surface area contributed by atoms with Crippen molar-refractivity contribution in [3.63, 3.8) is 0 Å². The number of aromatic hydroxyl groups is 1. The predicted molar refractivity (Wildman–Crippen MR) is 87.0 cm³/mol. The van der Waals surface area contributed by atoms with Crippen molar-refractivity contribution in [2.24, 2.45) is 0 Å². The summed E-state index contributed by atoms with van der Waals surface area (Å²) in [7, 11) is 4.40. The Bertz CT molecular complexity index is 442. The van der Waals surface area contributed by atoms with Gasteiger partial charge in [-0.25, -0.2) is 0 Å². The molecule has 1 fully saturated rings. The third kappa shape index (κ3) is 3.74. The fourth-order valence-electron chi connectivity index (χ4n) is 3.09. The lowest BCUT2D eigenvalue weighted by Gasteiger charge is -2.43. The van der Waals surface area contributed by atoms with E-state index in [0.29, 0.717) is 11.3 Å². The average Bonchev–Trinajstić information content (AvgIpc) is 2.44. The zero-order valence-electron chi connectivity index (χ0n) is 12.5. The summed E-state index contributed by atoms with van der Waals surface area (Å²) in [5.41, 5.74) is 1.51. The first-order valence-corrected chi connectivity index (χ1v) is 8.18. The van der Waals surface area contributed by atoms with E-state index in [9.17, 15) is 5.11 Å². The van der Waals surface area contributed by atoms with Gasteiger partial charge in [0.1, 0.15) is 5.75 Å². The Morgan fingerprint density at radius 1 is 1.25 bits per heavy atom. The topological polar surface area (TPSA) is 35.5 Å². The van der Waals surface area contributed by atoms with Crippen LogP contribution in [0.2, 0.25) is 0 Å². The molecular formula is C16H25BrN2O. The fraction of sp³-hybridized carbons (Fsp3) is 0.625. The molecule has 1 aliphatic carbocycles. The predicted octanol–water partition coefficient (Wildman–Crippen LogP) is 3.51. The van der Waals surface area contributed by atoms with E-state index in [4.69, 9.17) is 0 Å². The van der Waals surface area contributed by atoms with Crippen molar-refractivity contribution in [1.82, 2.24) is 10.2 Å². The molecule has 0 aliphatic heterocycles. The van der Waals surface area contributed by atoms with Gasteiger partial charge < -0.3 is 15.3 Å². The van der Waals surface area contributed by atoms with E-state index in [1.165, 1.54) is 37.7 Å². The molecule has 1 aliphatic rings. The minimum atomic E-state index is 0.297. The lowest BCUT2D eigenvalue weighted by atomic mass is 9.80. The van der Waals surface area contributed by atoms with Crippen molar-refractivity contribution in [1.29, 1.82) is 0 Å². The monoisotopic (exact) mass is 340 g/mol. The van der Waals surface area contributed by atoms with Crippen molar-refractivity contribution in [3.8, 4) is 5.75 Å². The van der Waals surface area contributed by atoms with Crippen LogP contribution >= 0.6 is 15.9 Å². The van der Waals surface area contributed by atoms with Crippen molar-refractivity contribution in [2.75, 3.05) is 20.6 Å². The van der Waals surface area contributed by atoms with E-state index in [-0.39, 0.29) is 0 Å². The van der Waals surface area contributed by atoms with Gasteiger partial charge in [0, 0.05) is 18.6 Å². The number of hydrogen-bond acceptors (Lipinski definition) is 3. The van der Waals surface area contributed by atoms with E-state index in [2.05, 4.69) is 40.2 Å². The standard InChI is InChI=1S/C16H25BrN2O/c1-19(2)16(8-4-3-5-9-16)12-18-11-13-6-7-15(20)14(17)10-13/h6-7,10,18,20H,3-5,8-9,11-12H2,1-2H3. The maximum Gasteiger partial charge on any atom is 0.129 e. The second-order valence-electron chi connectivity index (χ2n) is 6.07. The molecule has 0 radical (unpaired) electrons. The van der Waals surface area contributed by atoms with Crippen molar-refractivity contribution in [3.05, 3.63) is 28.2 Å². The van der Waals surface area contributed by atoms with Gasteiger partial charge in [0.15, 0.2) is 0 Å². The maximum absolute atomic E-state index is 9.51. The number of phenols is 1. The summed E-state index contributed by atoms with van der Waals surface area (Å²) in [5, 5.41) is 13.1. The molecule has 0 atom stereocenters. The van der Waals surface area contributed by atoms with Crippen molar-refractivity contribution in [2.45, 2.75) is 44.2 Å². The molecule has 2 rings (SSSR count). The quantitative estimate of drug-likeness (QED) is 0.860. The molecule has 0 heterocycles. The zero-order chi connectivity index (χ0) is 14.6. The van der Waals surface area contributed by atoms with Gasteiger partial charge in [0.25, 0.3) is 0 Å². The second kappa shape index (κ2) is 6.92. The molecule has 20 heavy (non-hydrogen) atoms. The molecule has 3 nitrogen and oxygen atoms in total. The van der Waals surface area contributed by atoms with E-state index < -0.39 is 0 Å². The molecule has 4 heteroatoms. The van der Waals surface area contributed by atoms with Crippen LogP contribution in [0.5, 0.6) is 5.75 Å². The summed E-state index contributed by atoms with van der Waals surface area (Å²) in [6.07, 6.45) is 6.62. The van der Waals surface area contributed by atoms with Crippen molar-refractivity contribution < 1.29 is 5.11 Å². The Morgan fingerprint density at radius 3 is 2.55 bits per heavy atom. The third-order valence-corrected chi connectivity index (χ3v) is 5.16. The molecule has 1 aromatic carbocycles. The number of benzene rings is 1. The number of likely N-dealkylation sites (N-methyl/N-ethyl adjacent to an activating group) is 1. The van der Waals surface area contributed by atoms with Crippen molar-refractivity contribution >= 4 is 15.9 Å². The minimum absolute atomic E-state index is 0.297. The highest BCUT2D eigenvalue weighted by atomic mass is 79.9. The van der Waals surface area contributed by atoms with Crippen LogP contribution < -0.4 is 5.32 Å². The van der Waals surface area contributed by atoms with E-state index in [1.54, 1.807) is 6.07 Å². The third-order valence-electron chi connectivity index (χ3n) is 4.53. The van der Waals surface area contributed by atoms with Gasteiger partial charge in [0.05, 0.1) is 4.47 Å². The number of halogens is 1. The highest BCUT2D eigenvalue weighted by Gasteiger charge is 2.33. The Hall–Kier alpha value is -0.580. The van der Waals surface area contributed by atoms with Crippen LogP contribution in [0.1, 0.15) is 37.7 Å². The van der Waals surface area contributed by atoms with E-state index in [1.807, 2.05) is 12.1 Å². The molecule has 112 valence electrons. The number of nitrogens with zero attached hydrogens (tertiary/aromatic N) is 1. The first kappa shape index (κ1) is 15.8. The van der Waals surface area contributed by atoms with E-state index >= 15 is 0 Å². The first-order valence-electron chi connectivity index (χ1n) is 7.39. The van der Waals surface area contributed by atoms with Gasteiger partial charge in [-0.1, -0.05) is 25.3 Å². The van der Waals surface area contributed by atoms with Gasteiger partial charge in [0.2, 0.25) is 0 Å². The summed E-state index contributed by atoms with van der Waals surface area (Å²) >= 11 is 3.36. The average molecular weight is 341 g/mol. The Kier molecular flexibility index (Phi) is 5.47. The van der Waals surface area contributed by atoms with Crippen LogP contribution in [-0.4, -0.2) is 36.2 Å². The molecule has 0 amide bonds. The minimum Gasteiger partial charge on any atom is -0.507 e. The number of phenolic OH excluding ortho intramolecular Hbond substituents is 1. The smallest absolute Gasteiger partial charge is 0.129 e. The van der Waals surface area contributed by atoms with Crippen LogP contribution in [-0.2, 0) is 6.54 Å². The molecule has 1 saturated carbocycles. The second-order valence-corrected chi connectivity index (χ2v) is 6.92. The largest absolute Gasteiger partial charge is 0.507 e. The van der Waals surface area contributed by atoms with Gasteiger partial charge in [-0.2, -0.15) is 0 Å². The first-order chi connectivity index (χ1) is 9.53. The number of nitrogens with one attached hydrogen (secondary N) is 1. The lowest BCUT2D eigenvalue weighted by Crippen LogP contribution is -2.52. The summed E-state index contributed by atoms with van der Waals surface area (Å²) in [6.45, 7) is 1.87. The molecule has 1 aromatic rings. The molecule has 2 N–H and O–H groups in total. The Morgan fingerprint density at radius 2 is 1.95 bits per heavy atom. The summed E-state index contributed by atoms with van der Waals surface area (Å²) in [6, 6.07) is 5.69. The summed E-state index contributed by atoms with van der Waals surface area (Å²) in [5.74, 6) is 0.297. The molecule has 0 bridgehead atoms. The van der Waals surface area contributed by atoms with Gasteiger partial charge >= 0.3 is 0 Å². The summed E-state index contributed by atoms with van der Waals surface area (Å²) in [4.78, 5) is 2.39. The van der Waals surface area contributed by atoms with Gasteiger partial charge in [-0.15, -0.1) is 0 Å². The zero-order valence-corrected chi connectivity index (χ0v) is 14.0. The molecular weight excluding hydrogens is 316 g/mol.